The number of carbonyl (C=O) groups excluding carboxylic acids is 2. The van der Waals surface area contributed by atoms with Gasteiger partial charge in [-0.15, -0.1) is 0 Å². The van der Waals surface area contributed by atoms with Gasteiger partial charge in [0.05, 0.1) is 0 Å². The zero-order chi connectivity index (χ0) is 9.26. The van der Waals surface area contributed by atoms with Crippen LogP contribution in [0, 0.1) is 11.8 Å². The molecule has 0 aromatic carbocycles. The first-order valence-corrected chi connectivity index (χ1v) is 5.33. The largest absolute Gasteiger partial charge is 0.300 e. The van der Waals surface area contributed by atoms with E-state index < -0.39 is 0 Å². The molecule has 1 unspecified atom stereocenters. The Labute approximate surface area is 78.7 Å². The highest BCUT2D eigenvalue weighted by Crippen LogP contribution is 2.32. The van der Waals surface area contributed by atoms with Gasteiger partial charge in [-0.25, -0.2) is 0 Å². The fourth-order valence-corrected chi connectivity index (χ4v) is 2.60. The van der Waals surface area contributed by atoms with Crippen LogP contribution in [-0.2, 0) is 9.59 Å². The van der Waals surface area contributed by atoms with E-state index in [4.69, 9.17) is 0 Å². The van der Waals surface area contributed by atoms with Gasteiger partial charge < -0.3 is 0 Å². The Bertz CT molecular complexity index is 226. The Kier molecular flexibility index (Phi) is 2.47. The van der Waals surface area contributed by atoms with Gasteiger partial charge in [-0.1, -0.05) is 12.8 Å². The summed E-state index contributed by atoms with van der Waals surface area (Å²) in [5.41, 5.74) is 0. The molecule has 2 nitrogen and oxygen atoms in total. The van der Waals surface area contributed by atoms with E-state index in [1.807, 2.05) is 0 Å². The molecule has 0 heterocycles. The van der Waals surface area contributed by atoms with Gasteiger partial charge in [-0.05, 0) is 19.3 Å². The summed E-state index contributed by atoms with van der Waals surface area (Å²) in [6.07, 6.45) is 6.56. The van der Waals surface area contributed by atoms with Gasteiger partial charge in [-0.2, -0.15) is 0 Å². The molecule has 0 N–H and O–H groups in total. The highest BCUT2D eigenvalue weighted by Gasteiger charge is 2.33. The van der Waals surface area contributed by atoms with E-state index in [1.54, 1.807) is 0 Å². The van der Waals surface area contributed by atoms with Crippen molar-refractivity contribution in [2.75, 3.05) is 0 Å². The maximum atomic E-state index is 11.8. The highest BCUT2D eigenvalue weighted by molar-refractivity contribution is 5.92. The van der Waals surface area contributed by atoms with Crippen molar-refractivity contribution in [1.82, 2.24) is 0 Å². The minimum Gasteiger partial charge on any atom is -0.300 e. The molecule has 0 radical (unpaired) electrons. The Morgan fingerprint density at radius 2 is 1.77 bits per heavy atom. The summed E-state index contributed by atoms with van der Waals surface area (Å²) in [5.74, 6) is 1.08. The van der Waals surface area contributed by atoms with Crippen molar-refractivity contribution in [3.8, 4) is 0 Å². The van der Waals surface area contributed by atoms with E-state index in [2.05, 4.69) is 0 Å². The summed E-state index contributed by atoms with van der Waals surface area (Å²) < 4.78 is 0. The zero-order valence-corrected chi connectivity index (χ0v) is 7.92. The number of carbonyl (C=O) groups is 2. The normalized spacial score (nSPS) is 29.8. The molecule has 2 saturated carbocycles. The summed E-state index contributed by atoms with van der Waals surface area (Å²) in [6, 6.07) is 0. The summed E-state index contributed by atoms with van der Waals surface area (Å²) in [7, 11) is 0. The third-order valence-corrected chi connectivity index (χ3v) is 3.41. The maximum Gasteiger partial charge on any atom is 0.139 e. The van der Waals surface area contributed by atoms with Crippen LogP contribution in [0.4, 0.5) is 0 Å². The summed E-state index contributed by atoms with van der Waals surface area (Å²) in [6.45, 7) is 0. The number of ketones is 2. The van der Waals surface area contributed by atoms with Crippen LogP contribution < -0.4 is 0 Å². The van der Waals surface area contributed by atoms with Crippen molar-refractivity contribution < 1.29 is 9.59 Å². The third kappa shape index (κ3) is 1.82. The van der Waals surface area contributed by atoms with E-state index in [9.17, 15) is 9.59 Å². The van der Waals surface area contributed by atoms with Gasteiger partial charge in [-0.3, -0.25) is 9.59 Å². The number of rotatable bonds is 2. The molecule has 2 fully saturated rings. The van der Waals surface area contributed by atoms with Crippen molar-refractivity contribution in [1.29, 1.82) is 0 Å². The molecule has 2 aliphatic rings. The lowest BCUT2D eigenvalue weighted by Crippen LogP contribution is -2.19. The average molecular weight is 180 g/mol. The van der Waals surface area contributed by atoms with Crippen LogP contribution in [0.25, 0.3) is 0 Å². The fourth-order valence-electron chi connectivity index (χ4n) is 2.60. The molecule has 0 spiro atoms. The second-order valence-corrected chi connectivity index (χ2v) is 4.36. The first-order valence-electron chi connectivity index (χ1n) is 5.33. The Hall–Kier alpha value is -0.660. The maximum absolute atomic E-state index is 11.8. The van der Waals surface area contributed by atoms with Crippen LogP contribution in [0.2, 0.25) is 0 Å². The van der Waals surface area contributed by atoms with Crippen LogP contribution in [0.1, 0.15) is 44.9 Å². The monoisotopic (exact) mass is 180 g/mol. The lowest BCUT2D eigenvalue weighted by molar-refractivity contribution is -0.127. The summed E-state index contributed by atoms with van der Waals surface area (Å²) in [4.78, 5) is 22.9. The van der Waals surface area contributed by atoms with E-state index in [-0.39, 0.29) is 11.7 Å². The topological polar surface area (TPSA) is 34.1 Å². The predicted octanol–water partition coefficient (Wildman–Crippen LogP) is 2.11. The lowest BCUT2D eigenvalue weighted by Gasteiger charge is -2.12. The van der Waals surface area contributed by atoms with Gasteiger partial charge in [0.1, 0.15) is 11.6 Å². The SMILES string of the molecule is O=C1CCC(C(=O)C2CCCC2)C1. The molecule has 2 heteroatoms. The fraction of sp³-hybridized carbons (Fsp3) is 0.818. The van der Waals surface area contributed by atoms with Crippen molar-refractivity contribution >= 4 is 11.6 Å². The highest BCUT2D eigenvalue weighted by atomic mass is 16.1. The van der Waals surface area contributed by atoms with Crippen LogP contribution in [0.5, 0.6) is 0 Å². The number of hydrogen-bond acceptors (Lipinski definition) is 2. The second-order valence-electron chi connectivity index (χ2n) is 4.36. The van der Waals surface area contributed by atoms with Crippen LogP contribution >= 0.6 is 0 Å². The number of Topliss-reactive ketones (excluding diaryl/α,β-unsaturated/α-hetero) is 2. The predicted molar refractivity (Wildman–Crippen MR) is 49.3 cm³/mol. The van der Waals surface area contributed by atoms with Crippen LogP contribution in [0.3, 0.4) is 0 Å². The minimum atomic E-state index is 0.0931. The first kappa shape index (κ1) is 8.92. The van der Waals surface area contributed by atoms with Gasteiger partial charge in [0.25, 0.3) is 0 Å². The third-order valence-electron chi connectivity index (χ3n) is 3.41. The molecule has 2 aliphatic carbocycles. The van der Waals surface area contributed by atoms with Crippen molar-refractivity contribution in [2.45, 2.75) is 44.9 Å². The summed E-state index contributed by atoms with van der Waals surface area (Å²) >= 11 is 0. The average Bonchev–Trinajstić information content (AvgIpc) is 2.72. The van der Waals surface area contributed by atoms with Crippen molar-refractivity contribution in [3.63, 3.8) is 0 Å². The van der Waals surface area contributed by atoms with Crippen molar-refractivity contribution in [3.05, 3.63) is 0 Å². The lowest BCUT2D eigenvalue weighted by atomic mass is 9.90. The molecule has 1 atom stereocenters. The van der Waals surface area contributed by atoms with E-state index in [1.165, 1.54) is 12.8 Å². The molecule has 0 aromatic rings. The zero-order valence-electron chi connectivity index (χ0n) is 7.92. The number of hydrogen-bond donors (Lipinski definition) is 0. The molecule has 0 aromatic heterocycles. The molecule has 2 rings (SSSR count). The van der Waals surface area contributed by atoms with Crippen molar-refractivity contribution in [2.24, 2.45) is 11.8 Å². The second kappa shape index (κ2) is 3.60. The molecular formula is C11H16O2. The minimum absolute atomic E-state index is 0.0931. The van der Waals surface area contributed by atoms with Gasteiger partial charge in [0.15, 0.2) is 0 Å². The molecule has 0 saturated heterocycles. The molecule has 13 heavy (non-hydrogen) atoms. The van der Waals surface area contributed by atoms with E-state index in [0.29, 0.717) is 24.5 Å². The molecule has 72 valence electrons. The smallest absolute Gasteiger partial charge is 0.139 e. The van der Waals surface area contributed by atoms with Gasteiger partial charge in [0.2, 0.25) is 0 Å². The van der Waals surface area contributed by atoms with Gasteiger partial charge in [0, 0.05) is 24.7 Å². The summed E-state index contributed by atoms with van der Waals surface area (Å²) in [5, 5.41) is 0. The molecule has 0 amide bonds. The molecule has 0 aliphatic heterocycles. The van der Waals surface area contributed by atoms with Crippen LogP contribution in [-0.4, -0.2) is 11.6 Å². The van der Waals surface area contributed by atoms with E-state index >= 15 is 0 Å². The molecule has 0 bridgehead atoms. The van der Waals surface area contributed by atoms with E-state index in [0.717, 1.165) is 19.3 Å². The quantitative estimate of drug-likeness (QED) is 0.652. The first-order chi connectivity index (χ1) is 6.27. The molecular weight excluding hydrogens is 164 g/mol. The standard InChI is InChI=1S/C11H16O2/c12-10-6-5-9(7-10)11(13)8-3-1-2-4-8/h8-9H,1-7H2. The Balaban J connectivity index is 1.92. The Morgan fingerprint density at radius 1 is 1.08 bits per heavy atom. The van der Waals surface area contributed by atoms with Gasteiger partial charge >= 0.3 is 0 Å². The van der Waals surface area contributed by atoms with Crippen LogP contribution in [0.15, 0.2) is 0 Å². The Morgan fingerprint density at radius 3 is 2.31 bits per heavy atom.